The van der Waals surface area contributed by atoms with Gasteiger partial charge in [-0.05, 0) is 44.2 Å². The van der Waals surface area contributed by atoms with Crippen molar-refractivity contribution in [3.8, 4) is 5.75 Å². The zero-order valence-corrected chi connectivity index (χ0v) is 19.7. The Morgan fingerprint density at radius 2 is 1.80 bits per heavy atom. The molecule has 1 atom stereocenters. The maximum absolute atomic E-state index is 12.7. The van der Waals surface area contributed by atoms with Crippen molar-refractivity contribution in [3.63, 3.8) is 0 Å². The van der Waals surface area contributed by atoms with Gasteiger partial charge in [0, 0.05) is 11.6 Å². The molecule has 3 aliphatic carbocycles. The van der Waals surface area contributed by atoms with Gasteiger partial charge >= 0.3 is 6.18 Å². The molecule has 3 N–H and O–H groups in total. The maximum Gasteiger partial charge on any atom is 0.434 e. The minimum atomic E-state index is -4.65. The molecule has 3 saturated carbocycles. The van der Waals surface area contributed by atoms with Gasteiger partial charge < -0.3 is 20.5 Å². The number of hydrogen-bond donors (Lipinski definition) is 3. The Hall–Kier alpha value is -2.63. The average molecular weight is 533 g/mol. The molecule has 1 heterocycles. The summed E-state index contributed by atoms with van der Waals surface area (Å²) >= 11 is 11.8. The van der Waals surface area contributed by atoms with Gasteiger partial charge in [-0.25, -0.2) is 9.97 Å². The molecule has 35 heavy (non-hydrogen) atoms. The van der Waals surface area contributed by atoms with Gasteiger partial charge in [0.15, 0.2) is 12.3 Å². The first-order valence-electron chi connectivity index (χ1n) is 10.7. The molecular formula is C22H21Cl2F3N4O4. The predicted octanol–water partition coefficient (Wildman–Crippen LogP) is 3.54. The fourth-order valence-electron chi connectivity index (χ4n) is 4.59. The molecule has 1 aromatic heterocycles. The lowest BCUT2D eigenvalue weighted by molar-refractivity contribution is -0.141. The highest BCUT2D eigenvalue weighted by Crippen LogP contribution is 2.47. The lowest BCUT2D eigenvalue weighted by Gasteiger charge is -2.56. The van der Waals surface area contributed by atoms with E-state index >= 15 is 0 Å². The minimum absolute atomic E-state index is 0.167. The van der Waals surface area contributed by atoms with Gasteiger partial charge in [0.1, 0.15) is 11.4 Å². The van der Waals surface area contributed by atoms with E-state index in [-0.39, 0.29) is 18.7 Å². The van der Waals surface area contributed by atoms with Gasteiger partial charge in [0.25, 0.3) is 11.8 Å². The van der Waals surface area contributed by atoms with Crippen molar-refractivity contribution >= 4 is 35.0 Å². The molecule has 3 fully saturated rings. The van der Waals surface area contributed by atoms with Gasteiger partial charge in [-0.3, -0.25) is 9.59 Å². The van der Waals surface area contributed by atoms with E-state index < -0.39 is 40.9 Å². The summed E-state index contributed by atoms with van der Waals surface area (Å²) in [4.78, 5) is 32.0. The highest BCUT2D eigenvalue weighted by Gasteiger charge is 2.55. The smallest absolute Gasteiger partial charge is 0.434 e. The Morgan fingerprint density at radius 3 is 2.37 bits per heavy atom. The molecule has 0 saturated heterocycles. The van der Waals surface area contributed by atoms with Crippen LogP contribution >= 0.6 is 23.2 Å². The Labute approximate surface area is 208 Å². The van der Waals surface area contributed by atoms with Crippen LogP contribution in [0.1, 0.15) is 48.3 Å². The van der Waals surface area contributed by atoms with E-state index in [0.29, 0.717) is 47.7 Å². The Balaban J connectivity index is 1.34. The number of carbonyl (C=O) groups excluding carboxylic acids is 2. The summed E-state index contributed by atoms with van der Waals surface area (Å²) in [7, 11) is 0. The molecule has 188 valence electrons. The van der Waals surface area contributed by atoms with E-state index in [1.165, 1.54) is 6.07 Å². The van der Waals surface area contributed by atoms with Gasteiger partial charge in [-0.2, -0.15) is 13.2 Å². The number of hydrogen-bond acceptors (Lipinski definition) is 6. The molecule has 5 rings (SSSR count). The fourth-order valence-corrected chi connectivity index (χ4v) is 4.88. The summed E-state index contributed by atoms with van der Waals surface area (Å²) in [6.45, 7) is -0.291. The van der Waals surface area contributed by atoms with Crippen molar-refractivity contribution < 1.29 is 32.6 Å². The second kappa shape index (κ2) is 9.44. The summed E-state index contributed by atoms with van der Waals surface area (Å²) in [6, 6.07) is 4.61. The highest BCUT2D eigenvalue weighted by atomic mass is 35.5. The van der Waals surface area contributed by atoms with E-state index in [9.17, 15) is 27.9 Å². The second-order valence-electron chi connectivity index (χ2n) is 8.81. The monoisotopic (exact) mass is 532 g/mol. The zero-order chi connectivity index (χ0) is 25.4. The van der Waals surface area contributed by atoms with Crippen LogP contribution in [0.4, 0.5) is 13.2 Å². The second-order valence-corrected chi connectivity index (χ2v) is 9.62. The summed E-state index contributed by atoms with van der Waals surface area (Å²) in [5.41, 5.74) is -3.07. The standard InChI is InChI=1S/C22H21Cl2F3N4O4/c23-13-2-1-12(7-14(13)24)35-11-18(33)30-21-5-3-20(4-6-21,8-17(21)32)31-19(34)15-9-29-16(10-28-15)22(25,26)27/h1-2,7,9-10,17,32H,3-6,8,11H2,(H,30,33)(H,31,34)/t17-,20?,21?/m0/s1. The van der Waals surface area contributed by atoms with Crippen LogP contribution in [-0.2, 0) is 11.0 Å². The van der Waals surface area contributed by atoms with Gasteiger partial charge in [-0.15, -0.1) is 0 Å². The molecule has 0 unspecified atom stereocenters. The highest BCUT2D eigenvalue weighted by molar-refractivity contribution is 6.42. The van der Waals surface area contributed by atoms with Crippen LogP contribution in [0.25, 0.3) is 0 Å². The van der Waals surface area contributed by atoms with Crippen molar-refractivity contribution in [1.29, 1.82) is 0 Å². The van der Waals surface area contributed by atoms with Crippen LogP contribution in [0, 0.1) is 0 Å². The number of halogens is 5. The zero-order valence-electron chi connectivity index (χ0n) is 18.2. The number of nitrogens with zero attached hydrogens (tertiary/aromatic N) is 2. The number of ether oxygens (including phenoxy) is 1. The molecule has 0 radical (unpaired) electrons. The Morgan fingerprint density at radius 1 is 1.09 bits per heavy atom. The van der Waals surface area contributed by atoms with Crippen molar-refractivity contribution in [2.45, 2.75) is 55.5 Å². The lowest BCUT2D eigenvalue weighted by Crippen LogP contribution is -2.70. The number of fused-ring (bicyclic) bond motifs is 3. The number of amides is 2. The molecule has 0 spiro atoms. The van der Waals surface area contributed by atoms with Crippen LogP contribution in [0.2, 0.25) is 10.0 Å². The lowest BCUT2D eigenvalue weighted by atomic mass is 9.60. The van der Waals surface area contributed by atoms with Crippen LogP contribution < -0.4 is 15.4 Å². The number of carbonyl (C=O) groups is 2. The summed E-state index contributed by atoms with van der Waals surface area (Å²) < 4.78 is 43.5. The van der Waals surface area contributed by atoms with Gasteiger partial charge in [0.05, 0.1) is 34.1 Å². The third-order valence-electron chi connectivity index (χ3n) is 6.52. The molecule has 0 aliphatic heterocycles. The third-order valence-corrected chi connectivity index (χ3v) is 7.26. The van der Waals surface area contributed by atoms with Crippen molar-refractivity contribution in [3.05, 3.63) is 52.0 Å². The Kier molecular flexibility index (Phi) is 6.87. The Bertz CT molecular complexity index is 1120. The molecule has 1 aromatic carbocycles. The van der Waals surface area contributed by atoms with Crippen LogP contribution in [0.5, 0.6) is 5.75 Å². The maximum atomic E-state index is 12.7. The topological polar surface area (TPSA) is 113 Å². The number of benzene rings is 1. The average Bonchev–Trinajstić information content (AvgIpc) is 2.80. The normalized spacial score (nSPS) is 25.7. The molecular weight excluding hydrogens is 512 g/mol. The molecule has 13 heteroatoms. The summed E-state index contributed by atoms with van der Waals surface area (Å²) in [6.07, 6.45) is -2.46. The van der Waals surface area contributed by atoms with E-state index in [4.69, 9.17) is 27.9 Å². The minimum Gasteiger partial charge on any atom is -0.484 e. The van der Waals surface area contributed by atoms with E-state index in [0.717, 1.165) is 6.20 Å². The van der Waals surface area contributed by atoms with Crippen molar-refractivity contribution in [2.75, 3.05) is 6.61 Å². The van der Waals surface area contributed by atoms with E-state index in [1.807, 2.05) is 0 Å². The van der Waals surface area contributed by atoms with Crippen LogP contribution in [-0.4, -0.2) is 50.7 Å². The first kappa shape index (κ1) is 25.5. The molecule has 2 bridgehead atoms. The first-order valence-corrected chi connectivity index (χ1v) is 11.5. The first-order chi connectivity index (χ1) is 16.4. The molecule has 2 aromatic rings. The van der Waals surface area contributed by atoms with E-state index in [2.05, 4.69) is 20.6 Å². The van der Waals surface area contributed by atoms with Crippen molar-refractivity contribution in [2.24, 2.45) is 0 Å². The number of alkyl halides is 3. The SMILES string of the molecule is O=C(COc1ccc(Cl)c(Cl)c1)NC12CCC(NC(=O)c3cnc(C(F)(F)F)cn3)(CC1)C[C@@H]2O. The number of aliphatic hydroxyl groups excluding tert-OH is 1. The van der Waals surface area contributed by atoms with Crippen molar-refractivity contribution in [1.82, 2.24) is 20.6 Å². The molecule has 8 nitrogen and oxygen atoms in total. The number of rotatable bonds is 6. The van der Waals surface area contributed by atoms with Gasteiger partial charge in [0.2, 0.25) is 0 Å². The molecule has 2 amide bonds. The summed E-state index contributed by atoms with van der Waals surface area (Å²) in [5.74, 6) is -0.728. The fraction of sp³-hybridized carbons (Fsp3) is 0.455. The largest absolute Gasteiger partial charge is 0.484 e. The van der Waals surface area contributed by atoms with Gasteiger partial charge in [-0.1, -0.05) is 23.2 Å². The quantitative estimate of drug-likeness (QED) is 0.524. The number of aliphatic hydroxyl groups is 1. The van der Waals surface area contributed by atoms with Crippen LogP contribution in [0.15, 0.2) is 30.6 Å². The number of aromatic nitrogens is 2. The predicted molar refractivity (Wildman–Crippen MR) is 119 cm³/mol. The number of nitrogens with one attached hydrogen (secondary N) is 2. The third kappa shape index (κ3) is 5.46. The summed E-state index contributed by atoms with van der Waals surface area (Å²) in [5, 5.41) is 17.2. The van der Waals surface area contributed by atoms with E-state index in [1.54, 1.807) is 12.1 Å². The molecule has 3 aliphatic rings. The van der Waals surface area contributed by atoms with Crippen LogP contribution in [0.3, 0.4) is 0 Å².